The highest BCUT2D eigenvalue weighted by molar-refractivity contribution is 5.20. The van der Waals surface area contributed by atoms with Crippen LogP contribution in [0.25, 0.3) is 0 Å². The number of hydrogen-bond donors (Lipinski definition) is 1. The summed E-state index contributed by atoms with van der Waals surface area (Å²) < 4.78 is 0. The highest BCUT2D eigenvalue weighted by Crippen LogP contribution is 2.00. The van der Waals surface area contributed by atoms with Crippen molar-refractivity contribution in [2.24, 2.45) is 0 Å². The lowest BCUT2D eigenvalue weighted by Crippen LogP contribution is -3.05. The smallest absolute Gasteiger partial charge is 0.107 e. The first-order valence-electron chi connectivity index (χ1n) is 3.09. The summed E-state index contributed by atoms with van der Waals surface area (Å²) in [7, 11) is 0. The summed E-state index contributed by atoms with van der Waals surface area (Å²) in [6, 6.07) is 0. The van der Waals surface area contributed by atoms with Gasteiger partial charge in [-0.2, -0.15) is 0 Å². The van der Waals surface area contributed by atoms with Crippen LogP contribution >= 0.6 is 0 Å². The third kappa shape index (κ3) is 1.20. The molecule has 9 heavy (non-hydrogen) atoms. The Bertz CT molecular complexity index is 170. The molecular weight excluding hydrogens is 114 g/mol. The van der Waals surface area contributed by atoms with Gasteiger partial charge in [0.15, 0.2) is 0 Å². The second kappa shape index (κ2) is 2.33. The molecule has 1 atom stereocenters. The first kappa shape index (κ1) is 6.52. The fourth-order valence-electron chi connectivity index (χ4n) is 0.841. The van der Waals surface area contributed by atoms with Crippen LogP contribution in [0.15, 0.2) is 23.4 Å². The minimum atomic E-state index is 0.259. The first-order valence-corrected chi connectivity index (χ1v) is 3.09. The Balaban J connectivity index is 2.83. The van der Waals surface area contributed by atoms with Crippen molar-refractivity contribution >= 4 is 0 Å². The van der Waals surface area contributed by atoms with Gasteiger partial charge in [0.25, 0.3) is 0 Å². The molecule has 0 bridgehead atoms. The summed E-state index contributed by atoms with van der Waals surface area (Å²) in [4.78, 5) is 0. The van der Waals surface area contributed by atoms with Crippen molar-refractivity contribution in [2.45, 2.75) is 13.8 Å². The van der Waals surface area contributed by atoms with Crippen LogP contribution < -0.4 is 5.06 Å². The van der Waals surface area contributed by atoms with Gasteiger partial charge in [0.1, 0.15) is 12.2 Å². The van der Waals surface area contributed by atoms with Crippen molar-refractivity contribution in [3.63, 3.8) is 0 Å². The predicted molar refractivity (Wildman–Crippen MR) is 36.7 cm³/mol. The van der Waals surface area contributed by atoms with Gasteiger partial charge in [-0.15, -0.1) is 0 Å². The molecule has 0 aromatic carbocycles. The van der Waals surface area contributed by atoms with E-state index in [4.69, 9.17) is 0 Å². The minimum absolute atomic E-state index is 0.259. The van der Waals surface area contributed by atoms with E-state index in [1.54, 1.807) is 0 Å². The van der Waals surface area contributed by atoms with E-state index in [1.807, 2.05) is 26.0 Å². The van der Waals surface area contributed by atoms with E-state index >= 15 is 0 Å². The molecule has 0 radical (unpaired) electrons. The predicted octanol–water partition coefficient (Wildman–Crippen LogP) is 0.233. The van der Waals surface area contributed by atoms with Crippen molar-refractivity contribution < 1.29 is 5.06 Å². The molecule has 2 nitrogen and oxygen atoms in total. The van der Waals surface area contributed by atoms with E-state index in [0.29, 0.717) is 6.54 Å². The average molecular weight is 125 g/mol. The summed E-state index contributed by atoms with van der Waals surface area (Å²) in [6.07, 6.45) is 3.90. The summed E-state index contributed by atoms with van der Waals surface area (Å²) in [5.74, 6) is 0. The van der Waals surface area contributed by atoms with Crippen LogP contribution in [0.4, 0.5) is 0 Å². The van der Waals surface area contributed by atoms with Crippen LogP contribution in [0.2, 0.25) is 0 Å². The van der Waals surface area contributed by atoms with Gasteiger partial charge in [-0.25, -0.2) is 0 Å². The summed E-state index contributed by atoms with van der Waals surface area (Å²) in [5.41, 5.74) is 2.02. The molecule has 50 valence electrons. The highest BCUT2D eigenvalue weighted by Gasteiger charge is 2.05. The Kier molecular flexibility index (Phi) is 1.69. The average Bonchev–Trinajstić information content (AvgIpc) is 1.83. The van der Waals surface area contributed by atoms with Crippen molar-refractivity contribution in [2.75, 3.05) is 6.54 Å². The Morgan fingerprint density at radius 1 is 1.56 bits per heavy atom. The molecule has 0 saturated heterocycles. The summed E-state index contributed by atoms with van der Waals surface area (Å²) in [6.45, 7) is 4.42. The van der Waals surface area contributed by atoms with E-state index in [2.05, 4.69) is 0 Å². The number of hydrogen-bond acceptors (Lipinski definition) is 1. The third-order valence-corrected chi connectivity index (χ3v) is 1.68. The molecule has 1 aliphatic heterocycles. The Morgan fingerprint density at radius 3 is 2.67 bits per heavy atom. The standard InChI is InChI=1S/C7H11NO/c1-6-4-3-5-8(9)7(6)2/h3-4,8H,5H2,1-2H3. The molecule has 0 saturated carbocycles. The molecular formula is C7H11NO. The van der Waals surface area contributed by atoms with E-state index in [-0.39, 0.29) is 5.06 Å². The zero-order valence-electron chi connectivity index (χ0n) is 5.77. The van der Waals surface area contributed by atoms with Crippen molar-refractivity contribution in [3.8, 4) is 0 Å². The monoisotopic (exact) mass is 125 g/mol. The van der Waals surface area contributed by atoms with Gasteiger partial charge in [-0.1, -0.05) is 6.08 Å². The lowest BCUT2D eigenvalue weighted by Gasteiger charge is -2.24. The van der Waals surface area contributed by atoms with Crippen molar-refractivity contribution in [1.82, 2.24) is 0 Å². The van der Waals surface area contributed by atoms with Gasteiger partial charge in [0.05, 0.1) is 0 Å². The molecule has 0 aromatic rings. The maximum atomic E-state index is 10.9. The van der Waals surface area contributed by atoms with Crippen LogP contribution in [0.3, 0.4) is 0 Å². The molecule has 0 spiro atoms. The van der Waals surface area contributed by atoms with Crippen molar-refractivity contribution in [3.05, 3.63) is 28.6 Å². The SMILES string of the molecule is CC1=C(C)[NH+]([O-])CC=C1. The van der Waals surface area contributed by atoms with E-state index < -0.39 is 0 Å². The number of allylic oxidation sites excluding steroid dienone is 3. The van der Waals surface area contributed by atoms with E-state index in [1.165, 1.54) is 0 Å². The van der Waals surface area contributed by atoms with Gasteiger partial charge in [-0.3, -0.25) is 0 Å². The van der Waals surface area contributed by atoms with Gasteiger partial charge < -0.3 is 10.3 Å². The summed E-state index contributed by atoms with van der Waals surface area (Å²) >= 11 is 0. The number of rotatable bonds is 0. The molecule has 0 aliphatic carbocycles. The molecule has 1 rings (SSSR count). The van der Waals surface area contributed by atoms with E-state index in [0.717, 1.165) is 11.3 Å². The lowest BCUT2D eigenvalue weighted by atomic mass is 10.2. The van der Waals surface area contributed by atoms with Crippen LogP contribution in [0, 0.1) is 5.21 Å². The number of quaternary nitrogens is 1. The van der Waals surface area contributed by atoms with Crippen LogP contribution in [-0.2, 0) is 0 Å². The van der Waals surface area contributed by atoms with Crippen LogP contribution in [0.5, 0.6) is 0 Å². The zero-order valence-corrected chi connectivity index (χ0v) is 5.77. The second-order valence-corrected chi connectivity index (χ2v) is 2.34. The second-order valence-electron chi connectivity index (χ2n) is 2.34. The van der Waals surface area contributed by atoms with Gasteiger partial charge in [0.2, 0.25) is 0 Å². The maximum absolute atomic E-state index is 10.9. The Labute approximate surface area is 55.1 Å². The molecule has 1 aliphatic rings. The van der Waals surface area contributed by atoms with Gasteiger partial charge in [-0.05, 0) is 13.0 Å². The zero-order chi connectivity index (χ0) is 6.85. The largest absolute Gasteiger partial charge is 0.629 e. The fraction of sp³-hybridized carbons (Fsp3) is 0.429. The van der Waals surface area contributed by atoms with Gasteiger partial charge in [0, 0.05) is 12.5 Å². The highest BCUT2D eigenvalue weighted by atomic mass is 16.5. The van der Waals surface area contributed by atoms with E-state index in [9.17, 15) is 5.21 Å². The molecule has 0 fully saturated rings. The van der Waals surface area contributed by atoms with Gasteiger partial charge >= 0.3 is 0 Å². The first-order chi connectivity index (χ1) is 4.22. The Hall–Kier alpha value is -0.600. The number of hydroxylamine groups is 2. The molecule has 1 heterocycles. The molecule has 0 aromatic heterocycles. The number of nitrogens with one attached hydrogen (secondary N) is 1. The molecule has 2 heteroatoms. The molecule has 0 amide bonds. The summed E-state index contributed by atoms with van der Waals surface area (Å²) in [5, 5.41) is 11.2. The lowest BCUT2D eigenvalue weighted by molar-refractivity contribution is -0.800. The normalized spacial score (nSPS) is 27.2. The maximum Gasteiger partial charge on any atom is 0.107 e. The molecule has 1 unspecified atom stereocenters. The quantitative estimate of drug-likeness (QED) is 0.461. The Morgan fingerprint density at radius 2 is 2.22 bits per heavy atom. The fourth-order valence-corrected chi connectivity index (χ4v) is 0.841. The van der Waals surface area contributed by atoms with Crippen molar-refractivity contribution in [1.29, 1.82) is 0 Å². The minimum Gasteiger partial charge on any atom is -0.629 e. The van der Waals surface area contributed by atoms with Crippen LogP contribution in [-0.4, -0.2) is 6.54 Å². The third-order valence-electron chi connectivity index (χ3n) is 1.68. The van der Waals surface area contributed by atoms with Crippen LogP contribution in [0.1, 0.15) is 13.8 Å². The topological polar surface area (TPSA) is 27.5 Å². The molecule has 1 N–H and O–H groups in total.